The fourth-order valence-corrected chi connectivity index (χ4v) is 4.85. The molecular formula is C17H32N2. The van der Waals surface area contributed by atoms with Gasteiger partial charge in [0.2, 0.25) is 0 Å². The van der Waals surface area contributed by atoms with Gasteiger partial charge in [-0.3, -0.25) is 9.80 Å². The van der Waals surface area contributed by atoms with E-state index in [1.807, 2.05) is 0 Å². The first kappa shape index (κ1) is 13.9. The van der Waals surface area contributed by atoms with Gasteiger partial charge in [-0.25, -0.2) is 0 Å². The minimum atomic E-state index is 0.833. The Labute approximate surface area is 119 Å². The van der Waals surface area contributed by atoms with Crippen LogP contribution in [-0.2, 0) is 0 Å². The molecule has 3 rings (SSSR count). The Hall–Kier alpha value is -0.0800. The lowest BCUT2D eigenvalue weighted by Crippen LogP contribution is -2.59. The zero-order valence-electron chi connectivity index (χ0n) is 13.0. The van der Waals surface area contributed by atoms with Crippen molar-refractivity contribution in [1.29, 1.82) is 0 Å². The lowest BCUT2D eigenvalue weighted by Gasteiger charge is -2.48. The predicted molar refractivity (Wildman–Crippen MR) is 81.4 cm³/mol. The summed E-state index contributed by atoms with van der Waals surface area (Å²) < 4.78 is 0. The molecule has 110 valence electrons. The van der Waals surface area contributed by atoms with Crippen molar-refractivity contribution in [2.75, 3.05) is 19.6 Å². The summed E-state index contributed by atoms with van der Waals surface area (Å²) in [4.78, 5) is 5.73. The largest absolute Gasteiger partial charge is 0.298 e. The second kappa shape index (κ2) is 6.13. The van der Waals surface area contributed by atoms with Crippen molar-refractivity contribution in [3.05, 3.63) is 0 Å². The van der Waals surface area contributed by atoms with Crippen LogP contribution < -0.4 is 0 Å². The zero-order chi connectivity index (χ0) is 13.2. The van der Waals surface area contributed by atoms with E-state index in [1.54, 1.807) is 0 Å². The standard InChI is InChI=1S/C17H32N2/c1-3-15-12-18-11-7-9-16(18)13-19(15)17-10-6-4-5-8-14(17)2/h14-17H,3-13H2,1-2H3. The second-order valence-corrected chi connectivity index (χ2v) is 7.23. The van der Waals surface area contributed by atoms with Gasteiger partial charge in [-0.15, -0.1) is 0 Å². The number of piperazine rings is 1. The van der Waals surface area contributed by atoms with Crippen LogP contribution in [0, 0.1) is 5.92 Å². The molecular weight excluding hydrogens is 232 g/mol. The van der Waals surface area contributed by atoms with Gasteiger partial charge in [0.05, 0.1) is 0 Å². The summed E-state index contributed by atoms with van der Waals surface area (Å²) in [6.07, 6.45) is 11.6. The quantitative estimate of drug-likeness (QED) is 0.704. The molecule has 0 aromatic carbocycles. The molecule has 2 aliphatic heterocycles. The lowest BCUT2D eigenvalue weighted by molar-refractivity contribution is -0.000420. The topological polar surface area (TPSA) is 6.48 Å². The van der Waals surface area contributed by atoms with E-state index < -0.39 is 0 Å². The fraction of sp³-hybridized carbons (Fsp3) is 1.00. The van der Waals surface area contributed by atoms with Crippen LogP contribution in [-0.4, -0.2) is 47.6 Å². The molecule has 0 radical (unpaired) electrons. The van der Waals surface area contributed by atoms with Crippen LogP contribution in [0.25, 0.3) is 0 Å². The van der Waals surface area contributed by atoms with Crippen LogP contribution in [0.2, 0.25) is 0 Å². The maximum Gasteiger partial charge on any atom is 0.0224 e. The van der Waals surface area contributed by atoms with Gasteiger partial charge in [0.15, 0.2) is 0 Å². The Balaban J connectivity index is 1.72. The molecule has 3 aliphatic rings. The smallest absolute Gasteiger partial charge is 0.0224 e. The molecule has 0 aromatic rings. The maximum atomic E-state index is 2.95. The van der Waals surface area contributed by atoms with E-state index >= 15 is 0 Å². The molecule has 1 aliphatic carbocycles. The normalized spacial score (nSPS) is 42.0. The highest BCUT2D eigenvalue weighted by molar-refractivity contribution is 4.95. The minimum absolute atomic E-state index is 0.833. The summed E-state index contributed by atoms with van der Waals surface area (Å²) in [6.45, 7) is 9.01. The SMILES string of the molecule is CCC1CN2CCCC2CN1C1CCCCCC1C. The highest BCUT2D eigenvalue weighted by Gasteiger charge is 2.39. The summed E-state index contributed by atoms with van der Waals surface area (Å²) in [7, 11) is 0. The van der Waals surface area contributed by atoms with Gasteiger partial charge in [-0.2, -0.15) is 0 Å². The second-order valence-electron chi connectivity index (χ2n) is 7.23. The van der Waals surface area contributed by atoms with Crippen molar-refractivity contribution in [1.82, 2.24) is 9.80 Å². The first-order valence-electron chi connectivity index (χ1n) is 8.79. The van der Waals surface area contributed by atoms with Crippen LogP contribution in [0.1, 0.15) is 65.2 Å². The van der Waals surface area contributed by atoms with Gasteiger partial charge in [-0.05, 0) is 44.6 Å². The van der Waals surface area contributed by atoms with Crippen LogP contribution in [0.5, 0.6) is 0 Å². The van der Waals surface area contributed by atoms with E-state index in [2.05, 4.69) is 23.6 Å². The fourth-order valence-electron chi connectivity index (χ4n) is 4.85. The van der Waals surface area contributed by atoms with E-state index in [4.69, 9.17) is 0 Å². The number of hydrogen-bond donors (Lipinski definition) is 0. The molecule has 3 fully saturated rings. The monoisotopic (exact) mass is 264 g/mol. The van der Waals surface area contributed by atoms with Crippen molar-refractivity contribution in [2.24, 2.45) is 5.92 Å². The third-order valence-corrected chi connectivity index (χ3v) is 6.05. The van der Waals surface area contributed by atoms with Gasteiger partial charge in [-0.1, -0.05) is 33.1 Å². The molecule has 0 amide bonds. The van der Waals surface area contributed by atoms with Crippen LogP contribution in [0.3, 0.4) is 0 Å². The Morgan fingerprint density at radius 3 is 2.63 bits per heavy atom. The molecule has 0 N–H and O–H groups in total. The summed E-state index contributed by atoms with van der Waals surface area (Å²) in [5, 5.41) is 0. The van der Waals surface area contributed by atoms with Crippen molar-refractivity contribution in [2.45, 2.75) is 83.3 Å². The van der Waals surface area contributed by atoms with Gasteiger partial charge >= 0.3 is 0 Å². The molecule has 2 heterocycles. The van der Waals surface area contributed by atoms with E-state index in [9.17, 15) is 0 Å². The molecule has 4 atom stereocenters. The Kier molecular flexibility index (Phi) is 4.48. The van der Waals surface area contributed by atoms with Crippen molar-refractivity contribution in [3.8, 4) is 0 Å². The Morgan fingerprint density at radius 2 is 1.79 bits per heavy atom. The third kappa shape index (κ3) is 2.85. The number of fused-ring (bicyclic) bond motifs is 1. The van der Waals surface area contributed by atoms with E-state index in [0.29, 0.717) is 0 Å². The first-order chi connectivity index (χ1) is 9.29. The van der Waals surface area contributed by atoms with Crippen molar-refractivity contribution >= 4 is 0 Å². The molecule has 0 bridgehead atoms. The predicted octanol–water partition coefficient (Wildman–Crippen LogP) is 3.51. The molecule has 4 unspecified atom stereocenters. The molecule has 1 saturated carbocycles. The minimum Gasteiger partial charge on any atom is -0.298 e. The molecule has 2 heteroatoms. The van der Waals surface area contributed by atoms with Crippen LogP contribution in [0.15, 0.2) is 0 Å². The van der Waals surface area contributed by atoms with E-state index in [0.717, 1.165) is 24.0 Å². The van der Waals surface area contributed by atoms with E-state index in [1.165, 1.54) is 71.0 Å². The molecule has 0 spiro atoms. The number of rotatable bonds is 2. The Morgan fingerprint density at radius 1 is 0.947 bits per heavy atom. The van der Waals surface area contributed by atoms with Gasteiger partial charge < -0.3 is 0 Å². The summed E-state index contributed by atoms with van der Waals surface area (Å²) in [6, 6.07) is 2.60. The van der Waals surface area contributed by atoms with E-state index in [-0.39, 0.29) is 0 Å². The highest BCUT2D eigenvalue weighted by atomic mass is 15.3. The maximum absolute atomic E-state index is 2.95. The van der Waals surface area contributed by atoms with Gasteiger partial charge in [0.1, 0.15) is 0 Å². The molecule has 2 saturated heterocycles. The number of nitrogens with zero attached hydrogens (tertiary/aromatic N) is 2. The van der Waals surface area contributed by atoms with Crippen molar-refractivity contribution in [3.63, 3.8) is 0 Å². The lowest BCUT2D eigenvalue weighted by atomic mass is 9.91. The van der Waals surface area contributed by atoms with Crippen LogP contribution in [0.4, 0.5) is 0 Å². The van der Waals surface area contributed by atoms with Crippen LogP contribution >= 0.6 is 0 Å². The zero-order valence-corrected chi connectivity index (χ0v) is 13.0. The van der Waals surface area contributed by atoms with Gasteiger partial charge in [0, 0.05) is 31.2 Å². The molecule has 19 heavy (non-hydrogen) atoms. The third-order valence-electron chi connectivity index (χ3n) is 6.05. The molecule has 0 aromatic heterocycles. The number of hydrogen-bond acceptors (Lipinski definition) is 2. The highest BCUT2D eigenvalue weighted by Crippen LogP contribution is 2.33. The summed E-state index contributed by atoms with van der Waals surface area (Å²) >= 11 is 0. The first-order valence-corrected chi connectivity index (χ1v) is 8.79. The summed E-state index contributed by atoms with van der Waals surface area (Å²) in [5.74, 6) is 0.921. The summed E-state index contributed by atoms with van der Waals surface area (Å²) in [5.41, 5.74) is 0. The molecule has 2 nitrogen and oxygen atoms in total. The average Bonchev–Trinajstić information content (AvgIpc) is 2.78. The Bertz CT molecular complexity index is 291. The average molecular weight is 264 g/mol. The van der Waals surface area contributed by atoms with Gasteiger partial charge in [0.25, 0.3) is 0 Å². The van der Waals surface area contributed by atoms with Crippen molar-refractivity contribution < 1.29 is 0 Å².